The van der Waals surface area contributed by atoms with E-state index >= 15 is 0 Å². The standard InChI is InChI=1S/C20H15ClF3NO2/c1-10(2)11-5-6-12(15(9-11)20(22,23)24)8-14-16(21)19(27)17-13(18(14)26)4-3-7-25-17/h3-7,9-10H,8H2,1-2H3. The number of alkyl halides is 3. The first kappa shape index (κ1) is 19.3. The Balaban J connectivity index is 2.09. The molecule has 0 spiro atoms. The van der Waals surface area contributed by atoms with Gasteiger partial charge in [-0.2, -0.15) is 13.2 Å². The number of hydrogen-bond acceptors (Lipinski definition) is 3. The fraction of sp³-hybridized carbons (Fsp3) is 0.250. The number of nitrogens with zero attached hydrogens (tertiary/aromatic N) is 1. The van der Waals surface area contributed by atoms with Crippen LogP contribution in [0.1, 0.15) is 57.3 Å². The summed E-state index contributed by atoms with van der Waals surface area (Å²) in [5, 5.41) is -0.382. The van der Waals surface area contributed by atoms with E-state index in [4.69, 9.17) is 11.6 Å². The molecule has 3 rings (SSSR count). The van der Waals surface area contributed by atoms with Crippen LogP contribution in [0.15, 0.2) is 47.1 Å². The summed E-state index contributed by atoms with van der Waals surface area (Å²) in [7, 11) is 0. The Morgan fingerprint density at radius 2 is 1.81 bits per heavy atom. The average molecular weight is 394 g/mol. The molecule has 1 aliphatic rings. The minimum absolute atomic E-state index is 0.0502. The van der Waals surface area contributed by atoms with Crippen LogP contribution in [0.2, 0.25) is 0 Å². The van der Waals surface area contributed by atoms with Gasteiger partial charge in [-0.25, -0.2) is 0 Å². The molecule has 27 heavy (non-hydrogen) atoms. The number of pyridine rings is 1. The molecular weight excluding hydrogens is 379 g/mol. The Morgan fingerprint density at radius 3 is 2.44 bits per heavy atom. The number of fused-ring (bicyclic) bond motifs is 1. The summed E-state index contributed by atoms with van der Waals surface area (Å²) in [6.45, 7) is 3.59. The second-order valence-electron chi connectivity index (χ2n) is 6.60. The van der Waals surface area contributed by atoms with Gasteiger partial charge >= 0.3 is 6.18 Å². The second kappa shape index (κ2) is 6.93. The Labute approximate surface area is 158 Å². The van der Waals surface area contributed by atoms with E-state index in [0.717, 1.165) is 6.07 Å². The Hall–Kier alpha value is -2.47. The Bertz CT molecular complexity index is 977. The maximum Gasteiger partial charge on any atom is 0.416 e. The van der Waals surface area contributed by atoms with Gasteiger partial charge in [0.05, 0.1) is 16.2 Å². The molecule has 0 saturated heterocycles. The maximum atomic E-state index is 13.5. The lowest BCUT2D eigenvalue weighted by Crippen LogP contribution is -2.23. The smallest absolute Gasteiger partial charge is 0.289 e. The van der Waals surface area contributed by atoms with Crippen LogP contribution in [0, 0.1) is 0 Å². The van der Waals surface area contributed by atoms with Gasteiger partial charge in [-0.15, -0.1) is 0 Å². The largest absolute Gasteiger partial charge is 0.416 e. The summed E-state index contributed by atoms with van der Waals surface area (Å²) in [5.74, 6) is -1.32. The normalized spacial score (nSPS) is 14.8. The molecule has 7 heteroatoms. The van der Waals surface area contributed by atoms with E-state index in [2.05, 4.69) is 4.98 Å². The van der Waals surface area contributed by atoms with Crippen LogP contribution >= 0.6 is 11.6 Å². The molecule has 3 nitrogen and oxygen atoms in total. The predicted molar refractivity (Wildman–Crippen MR) is 95.0 cm³/mol. The van der Waals surface area contributed by atoms with Gasteiger partial charge in [-0.1, -0.05) is 37.6 Å². The van der Waals surface area contributed by atoms with E-state index in [1.165, 1.54) is 24.4 Å². The third-order valence-corrected chi connectivity index (χ3v) is 4.88. The molecule has 0 saturated carbocycles. The first-order chi connectivity index (χ1) is 12.6. The van der Waals surface area contributed by atoms with Crippen molar-refractivity contribution in [2.45, 2.75) is 32.4 Å². The molecule has 0 N–H and O–H groups in total. The van der Waals surface area contributed by atoms with Crippen molar-refractivity contribution >= 4 is 23.2 Å². The van der Waals surface area contributed by atoms with Crippen LogP contribution in [-0.4, -0.2) is 16.6 Å². The molecule has 1 heterocycles. The average Bonchev–Trinajstić information content (AvgIpc) is 2.62. The monoisotopic (exact) mass is 393 g/mol. The molecule has 0 radical (unpaired) electrons. The van der Waals surface area contributed by atoms with E-state index < -0.39 is 23.3 Å². The van der Waals surface area contributed by atoms with Gasteiger partial charge in [-0.05, 0) is 35.2 Å². The zero-order chi connectivity index (χ0) is 19.9. The van der Waals surface area contributed by atoms with Crippen molar-refractivity contribution in [3.8, 4) is 0 Å². The van der Waals surface area contributed by atoms with E-state index in [1.807, 2.05) is 0 Å². The molecule has 140 valence electrons. The lowest BCUT2D eigenvalue weighted by Gasteiger charge is -2.20. The molecule has 0 unspecified atom stereocenters. The van der Waals surface area contributed by atoms with Gasteiger partial charge in [0.1, 0.15) is 5.69 Å². The lowest BCUT2D eigenvalue weighted by molar-refractivity contribution is -0.138. The van der Waals surface area contributed by atoms with Crippen LogP contribution in [0.3, 0.4) is 0 Å². The quantitative estimate of drug-likeness (QED) is 0.707. The molecule has 0 aliphatic heterocycles. The molecular formula is C20H15ClF3NO2. The third-order valence-electron chi connectivity index (χ3n) is 4.48. The number of rotatable bonds is 3. The van der Waals surface area contributed by atoms with Crippen LogP contribution < -0.4 is 0 Å². The van der Waals surface area contributed by atoms with Crippen molar-refractivity contribution in [3.63, 3.8) is 0 Å². The van der Waals surface area contributed by atoms with Gasteiger partial charge in [0.2, 0.25) is 5.78 Å². The van der Waals surface area contributed by atoms with Crippen LogP contribution in [0.5, 0.6) is 0 Å². The summed E-state index contributed by atoms with van der Waals surface area (Å²) in [4.78, 5) is 28.9. The van der Waals surface area contributed by atoms with E-state index in [-0.39, 0.29) is 39.8 Å². The summed E-state index contributed by atoms with van der Waals surface area (Å²) >= 11 is 6.04. The van der Waals surface area contributed by atoms with Gasteiger partial charge in [0, 0.05) is 18.2 Å². The van der Waals surface area contributed by atoms with Crippen LogP contribution in [0.4, 0.5) is 13.2 Å². The molecule has 1 aromatic heterocycles. The summed E-state index contributed by atoms with van der Waals surface area (Å²) in [6.07, 6.45) is -3.62. The number of allylic oxidation sites excluding steroid dienone is 2. The highest BCUT2D eigenvalue weighted by molar-refractivity contribution is 6.49. The number of benzene rings is 1. The number of halogens is 4. The Morgan fingerprint density at radius 1 is 1.11 bits per heavy atom. The molecule has 0 fully saturated rings. The summed E-state index contributed by atoms with van der Waals surface area (Å²) in [6, 6.07) is 6.91. The van der Waals surface area contributed by atoms with Crippen molar-refractivity contribution in [1.82, 2.24) is 4.98 Å². The first-order valence-electron chi connectivity index (χ1n) is 8.24. The van der Waals surface area contributed by atoms with Crippen molar-refractivity contribution in [1.29, 1.82) is 0 Å². The second-order valence-corrected chi connectivity index (χ2v) is 6.97. The van der Waals surface area contributed by atoms with Crippen LogP contribution in [0.25, 0.3) is 0 Å². The number of carbonyl (C=O) groups excluding carboxylic acids is 2. The maximum absolute atomic E-state index is 13.5. The molecule has 0 bridgehead atoms. The Kier molecular flexibility index (Phi) is 4.95. The molecule has 0 amide bonds. The summed E-state index contributed by atoms with van der Waals surface area (Å²) < 4.78 is 40.6. The summed E-state index contributed by atoms with van der Waals surface area (Å²) in [5.41, 5.74) is -0.579. The fourth-order valence-electron chi connectivity index (χ4n) is 2.99. The molecule has 0 atom stereocenters. The lowest BCUT2D eigenvalue weighted by atomic mass is 9.87. The topological polar surface area (TPSA) is 47.0 Å². The van der Waals surface area contributed by atoms with Gasteiger partial charge in [-0.3, -0.25) is 14.6 Å². The van der Waals surface area contributed by atoms with Crippen molar-refractivity contribution in [3.05, 3.63) is 75.1 Å². The van der Waals surface area contributed by atoms with Gasteiger partial charge < -0.3 is 0 Å². The number of hydrogen-bond donors (Lipinski definition) is 0. The fourth-order valence-corrected chi connectivity index (χ4v) is 3.23. The van der Waals surface area contributed by atoms with Crippen molar-refractivity contribution in [2.24, 2.45) is 0 Å². The highest BCUT2D eigenvalue weighted by atomic mass is 35.5. The number of aromatic nitrogens is 1. The number of carbonyl (C=O) groups is 2. The minimum atomic E-state index is -4.59. The van der Waals surface area contributed by atoms with E-state index in [0.29, 0.717) is 5.56 Å². The van der Waals surface area contributed by atoms with Crippen LogP contribution in [-0.2, 0) is 12.6 Å². The minimum Gasteiger partial charge on any atom is -0.289 e. The third kappa shape index (κ3) is 3.54. The number of ketones is 2. The first-order valence-corrected chi connectivity index (χ1v) is 8.62. The molecule has 1 aliphatic carbocycles. The van der Waals surface area contributed by atoms with Crippen molar-refractivity contribution < 1.29 is 22.8 Å². The van der Waals surface area contributed by atoms with E-state index in [1.54, 1.807) is 19.9 Å². The highest BCUT2D eigenvalue weighted by Crippen LogP contribution is 2.37. The zero-order valence-corrected chi connectivity index (χ0v) is 15.3. The molecule has 2 aromatic rings. The van der Waals surface area contributed by atoms with Gasteiger partial charge in [0.25, 0.3) is 0 Å². The SMILES string of the molecule is CC(C)c1ccc(CC2=C(Cl)C(=O)c3ncccc3C2=O)c(C(F)(F)F)c1. The number of Topliss-reactive ketones (excluding diaryl/α,β-unsaturated/α-hetero) is 2. The molecule has 1 aromatic carbocycles. The predicted octanol–water partition coefficient (Wildman–Crippen LogP) is 5.34. The van der Waals surface area contributed by atoms with E-state index in [9.17, 15) is 22.8 Å². The van der Waals surface area contributed by atoms with Gasteiger partial charge in [0.15, 0.2) is 5.78 Å². The highest BCUT2D eigenvalue weighted by Gasteiger charge is 2.37. The zero-order valence-electron chi connectivity index (χ0n) is 14.5. The van der Waals surface area contributed by atoms with Crippen molar-refractivity contribution in [2.75, 3.05) is 0 Å².